The summed E-state index contributed by atoms with van der Waals surface area (Å²) in [6.45, 7) is -0.510. The quantitative estimate of drug-likeness (QED) is 0.421. The Morgan fingerprint density at radius 2 is 1.46 bits per heavy atom. The van der Waals surface area contributed by atoms with Gasteiger partial charge in [0.15, 0.2) is 11.5 Å². The van der Waals surface area contributed by atoms with Crippen LogP contribution < -0.4 is 23.8 Å². The van der Waals surface area contributed by atoms with Crippen molar-refractivity contribution in [2.75, 3.05) is 41.4 Å². The maximum absolute atomic E-state index is 12.6. The van der Waals surface area contributed by atoms with Gasteiger partial charge in [0.1, 0.15) is 6.54 Å². The van der Waals surface area contributed by atoms with E-state index in [1.807, 2.05) is 0 Å². The molecule has 0 saturated heterocycles. The first-order chi connectivity index (χ1) is 16.5. The Morgan fingerprint density at radius 1 is 0.829 bits per heavy atom. The summed E-state index contributed by atoms with van der Waals surface area (Å²) in [7, 11) is -4.77. The second-order valence-electron chi connectivity index (χ2n) is 7.35. The molecule has 3 aromatic carbocycles. The SMILES string of the molecule is COc1ccc(N(CC(=O)Nc2ccc(S(=O)(=O)Nc3ccccc3)cc2)S(C)(=O)=O)cc1OC. The minimum Gasteiger partial charge on any atom is -0.493 e. The molecule has 0 atom stereocenters. The fourth-order valence-corrected chi connectivity index (χ4v) is 5.06. The van der Waals surface area contributed by atoms with Gasteiger partial charge < -0.3 is 14.8 Å². The molecule has 0 bridgehead atoms. The molecule has 12 heteroatoms. The van der Waals surface area contributed by atoms with Gasteiger partial charge in [0.2, 0.25) is 15.9 Å². The third kappa shape index (κ3) is 6.64. The first-order valence-electron chi connectivity index (χ1n) is 10.2. The number of anilines is 3. The van der Waals surface area contributed by atoms with Gasteiger partial charge in [-0.3, -0.25) is 13.8 Å². The largest absolute Gasteiger partial charge is 0.493 e. The maximum atomic E-state index is 12.6. The number of amides is 1. The third-order valence-corrected chi connectivity index (χ3v) is 7.35. The molecule has 2 N–H and O–H groups in total. The van der Waals surface area contributed by atoms with E-state index in [1.165, 1.54) is 56.7 Å². The Kier molecular flexibility index (Phi) is 7.87. The molecule has 0 fully saturated rings. The number of ether oxygens (including phenoxy) is 2. The molecule has 3 aromatic rings. The van der Waals surface area contributed by atoms with Crippen LogP contribution in [0.15, 0.2) is 77.7 Å². The number of methoxy groups -OCH3 is 2. The van der Waals surface area contributed by atoms with E-state index in [0.717, 1.165) is 10.6 Å². The van der Waals surface area contributed by atoms with Gasteiger partial charge in [-0.25, -0.2) is 16.8 Å². The standard InChI is InChI=1S/C23H25N3O7S2/c1-32-21-14-11-19(15-22(21)33-2)26(34(3,28)29)16-23(27)24-17-9-12-20(13-10-17)35(30,31)25-18-7-5-4-6-8-18/h4-15,25H,16H2,1-3H3,(H,24,27). The minimum atomic E-state index is -3.82. The Hall–Kier alpha value is -3.77. The summed E-state index contributed by atoms with van der Waals surface area (Å²) in [4.78, 5) is 12.6. The lowest BCUT2D eigenvalue weighted by molar-refractivity contribution is -0.114. The maximum Gasteiger partial charge on any atom is 0.261 e. The molecule has 0 spiro atoms. The molecular formula is C23H25N3O7S2. The van der Waals surface area contributed by atoms with Gasteiger partial charge in [0, 0.05) is 17.4 Å². The van der Waals surface area contributed by atoms with Gasteiger partial charge in [0.05, 0.1) is 31.1 Å². The Bertz CT molecular complexity index is 1390. The summed E-state index contributed by atoms with van der Waals surface area (Å²) in [6.07, 6.45) is 0.983. The summed E-state index contributed by atoms with van der Waals surface area (Å²) < 4.78 is 63.6. The predicted molar refractivity (Wildman–Crippen MR) is 134 cm³/mol. The van der Waals surface area contributed by atoms with Crippen LogP contribution in [-0.4, -0.2) is 49.8 Å². The van der Waals surface area contributed by atoms with Crippen molar-refractivity contribution in [2.24, 2.45) is 0 Å². The van der Waals surface area contributed by atoms with Gasteiger partial charge in [-0.2, -0.15) is 0 Å². The summed E-state index contributed by atoms with van der Waals surface area (Å²) in [5.41, 5.74) is 0.934. The van der Waals surface area contributed by atoms with Crippen molar-refractivity contribution in [3.05, 3.63) is 72.8 Å². The summed E-state index contributed by atoms with van der Waals surface area (Å²) in [5.74, 6) is 0.0918. The number of benzene rings is 3. The van der Waals surface area contributed by atoms with Crippen molar-refractivity contribution >= 4 is 43.0 Å². The molecule has 0 aliphatic rings. The molecule has 3 rings (SSSR count). The summed E-state index contributed by atoms with van der Waals surface area (Å²) in [5, 5.41) is 2.58. The predicted octanol–water partition coefficient (Wildman–Crippen LogP) is 2.91. The van der Waals surface area contributed by atoms with Crippen molar-refractivity contribution in [3.8, 4) is 11.5 Å². The van der Waals surface area contributed by atoms with Crippen LogP contribution in [-0.2, 0) is 24.8 Å². The van der Waals surface area contributed by atoms with E-state index in [2.05, 4.69) is 10.0 Å². The number of nitrogens with zero attached hydrogens (tertiary/aromatic N) is 1. The molecule has 0 unspecified atom stereocenters. The molecule has 0 radical (unpaired) electrons. The van der Waals surface area contributed by atoms with Crippen LogP contribution in [0.2, 0.25) is 0 Å². The van der Waals surface area contributed by atoms with Crippen molar-refractivity contribution < 1.29 is 31.1 Å². The zero-order valence-corrected chi connectivity index (χ0v) is 20.9. The van der Waals surface area contributed by atoms with Crippen LogP contribution in [0.1, 0.15) is 0 Å². The van der Waals surface area contributed by atoms with Gasteiger partial charge in [-0.15, -0.1) is 0 Å². The average Bonchev–Trinajstić information content (AvgIpc) is 2.82. The second-order valence-corrected chi connectivity index (χ2v) is 10.9. The van der Waals surface area contributed by atoms with Crippen LogP contribution in [0.5, 0.6) is 11.5 Å². The van der Waals surface area contributed by atoms with Crippen LogP contribution in [0.4, 0.5) is 17.1 Å². The molecule has 0 saturated carbocycles. The first-order valence-corrected chi connectivity index (χ1v) is 13.5. The second kappa shape index (κ2) is 10.7. The monoisotopic (exact) mass is 519 g/mol. The van der Waals surface area contributed by atoms with Crippen LogP contribution in [0, 0.1) is 0 Å². The summed E-state index contributed by atoms with van der Waals surface area (Å²) >= 11 is 0. The van der Waals surface area contributed by atoms with Crippen molar-refractivity contribution in [1.29, 1.82) is 0 Å². The Labute approximate surface area is 204 Å². The molecule has 0 aromatic heterocycles. The molecule has 35 heavy (non-hydrogen) atoms. The fourth-order valence-electron chi connectivity index (χ4n) is 3.15. The van der Waals surface area contributed by atoms with Crippen LogP contribution >= 0.6 is 0 Å². The van der Waals surface area contributed by atoms with Crippen molar-refractivity contribution in [2.45, 2.75) is 4.90 Å². The third-order valence-electron chi connectivity index (χ3n) is 4.82. The van der Waals surface area contributed by atoms with Crippen LogP contribution in [0.25, 0.3) is 0 Å². The highest BCUT2D eigenvalue weighted by Crippen LogP contribution is 2.32. The summed E-state index contributed by atoms with van der Waals surface area (Å²) in [6, 6.07) is 18.4. The van der Waals surface area contributed by atoms with Gasteiger partial charge in [-0.05, 0) is 48.5 Å². The van der Waals surface area contributed by atoms with Crippen LogP contribution in [0.3, 0.4) is 0 Å². The zero-order valence-electron chi connectivity index (χ0n) is 19.3. The Balaban J connectivity index is 1.74. The number of carbonyl (C=O) groups excluding carboxylic acids is 1. The van der Waals surface area contributed by atoms with Gasteiger partial charge in [0.25, 0.3) is 10.0 Å². The number of sulfonamides is 2. The van der Waals surface area contributed by atoms with E-state index in [9.17, 15) is 21.6 Å². The number of carbonyl (C=O) groups is 1. The molecule has 0 aliphatic carbocycles. The molecule has 10 nitrogen and oxygen atoms in total. The number of hydrogen-bond acceptors (Lipinski definition) is 7. The van der Waals surface area contributed by atoms with E-state index >= 15 is 0 Å². The van der Waals surface area contributed by atoms with E-state index in [4.69, 9.17) is 9.47 Å². The fraction of sp³-hybridized carbons (Fsp3) is 0.174. The number of para-hydroxylation sites is 1. The number of rotatable bonds is 10. The lowest BCUT2D eigenvalue weighted by Gasteiger charge is -2.23. The highest BCUT2D eigenvalue weighted by molar-refractivity contribution is 7.92. The number of nitrogens with one attached hydrogen (secondary N) is 2. The molecular weight excluding hydrogens is 494 g/mol. The normalized spacial score (nSPS) is 11.4. The zero-order chi connectivity index (χ0) is 25.6. The van der Waals surface area contributed by atoms with E-state index < -0.39 is 32.5 Å². The lowest BCUT2D eigenvalue weighted by atomic mass is 10.2. The highest BCUT2D eigenvalue weighted by atomic mass is 32.2. The lowest BCUT2D eigenvalue weighted by Crippen LogP contribution is -2.37. The average molecular weight is 520 g/mol. The topological polar surface area (TPSA) is 131 Å². The minimum absolute atomic E-state index is 0.00226. The first kappa shape index (κ1) is 25.8. The highest BCUT2D eigenvalue weighted by Gasteiger charge is 2.23. The van der Waals surface area contributed by atoms with Gasteiger partial charge >= 0.3 is 0 Å². The van der Waals surface area contributed by atoms with Crippen molar-refractivity contribution in [3.63, 3.8) is 0 Å². The van der Waals surface area contributed by atoms with Crippen molar-refractivity contribution in [1.82, 2.24) is 0 Å². The smallest absolute Gasteiger partial charge is 0.261 e. The number of hydrogen-bond donors (Lipinski definition) is 2. The van der Waals surface area contributed by atoms with E-state index in [0.29, 0.717) is 22.9 Å². The molecule has 1 amide bonds. The Morgan fingerprint density at radius 3 is 2.03 bits per heavy atom. The molecule has 0 heterocycles. The van der Waals surface area contributed by atoms with Gasteiger partial charge in [-0.1, -0.05) is 18.2 Å². The van der Waals surface area contributed by atoms with E-state index in [1.54, 1.807) is 30.3 Å². The molecule has 0 aliphatic heterocycles. The molecule has 186 valence electrons. The van der Waals surface area contributed by atoms with E-state index in [-0.39, 0.29) is 10.6 Å².